The van der Waals surface area contributed by atoms with Crippen molar-refractivity contribution in [3.05, 3.63) is 63.7 Å². The first-order chi connectivity index (χ1) is 10.9. The maximum absolute atomic E-state index is 12.3. The first kappa shape index (κ1) is 17.0. The van der Waals surface area contributed by atoms with Gasteiger partial charge in [0.05, 0.1) is 18.4 Å². The van der Waals surface area contributed by atoms with Crippen LogP contribution in [0.25, 0.3) is 0 Å². The van der Waals surface area contributed by atoms with E-state index in [1.54, 1.807) is 18.2 Å². The summed E-state index contributed by atoms with van der Waals surface area (Å²) in [4.78, 5) is 12.3. The number of carbonyl (C=O) groups is 1. The van der Waals surface area contributed by atoms with Crippen LogP contribution in [0.15, 0.2) is 41.5 Å². The molecule has 0 saturated carbocycles. The summed E-state index contributed by atoms with van der Waals surface area (Å²) in [5.74, 6) is 0.0831. The van der Waals surface area contributed by atoms with Crippen LogP contribution >= 0.6 is 11.6 Å². The molecule has 1 N–H and O–H groups in total. The van der Waals surface area contributed by atoms with Crippen LogP contribution in [0.4, 0.5) is 0 Å². The number of carbonyl (C=O) groups excluding carboxylic acids is 1. The van der Waals surface area contributed by atoms with Gasteiger partial charge in [0, 0.05) is 10.6 Å². The number of ether oxygens (including phenoxy) is 1. The molecule has 1 amide bonds. The normalized spacial score (nSPS) is 11.3. The van der Waals surface area contributed by atoms with Crippen LogP contribution in [-0.4, -0.2) is 18.7 Å². The summed E-state index contributed by atoms with van der Waals surface area (Å²) >= 11 is 5.94. The molecule has 0 fully saturated rings. The van der Waals surface area contributed by atoms with Crippen molar-refractivity contribution in [3.8, 4) is 5.75 Å². The van der Waals surface area contributed by atoms with Crippen LogP contribution in [0.1, 0.15) is 34.0 Å². The highest BCUT2D eigenvalue weighted by atomic mass is 35.5. The molecule has 0 atom stereocenters. The number of hydrogen-bond acceptors (Lipinski definition) is 3. The molecule has 0 aliphatic heterocycles. The molecule has 0 aromatic heterocycles. The van der Waals surface area contributed by atoms with Gasteiger partial charge in [0.2, 0.25) is 0 Å². The van der Waals surface area contributed by atoms with E-state index >= 15 is 0 Å². The highest BCUT2D eigenvalue weighted by Crippen LogP contribution is 2.22. The fraction of sp³-hybridized carbons (Fsp3) is 0.222. The molecule has 2 aromatic carbocycles. The van der Waals surface area contributed by atoms with Gasteiger partial charge in [-0.15, -0.1) is 0 Å². The molecule has 0 spiro atoms. The van der Waals surface area contributed by atoms with Crippen molar-refractivity contribution in [3.63, 3.8) is 0 Å². The van der Waals surface area contributed by atoms with Crippen LogP contribution in [0.3, 0.4) is 0 Å². The Labute approximate surface area is 141 Å². The van der Waals surface area contributed by atoms with Crippen molar-refractivity contribution in [1.29, 1.82) is 0 Å². The Hall–Kier alpha value is -2.33. The van der Waals surface area contributed by atoms with Crippen LogP contribution in [-0.2, 0) is 0 Å². The zero-order valence-corrected chi connectivity index (χ0v) is 14.4. The number of benzene rings is 2. The number of amides is 1. The van der Waals surface area contributed by atoms with E-state index in [0.717, 1.165) is 16.8 Å². The lowest BCUT2D eigenvalue weighted by molar-refractivity contribution is 0.0952. The summed E-state index contributed by atoms with van der Waals surface area (Å²) in [6, 6.07) is 11.0. The summed E-state index contributed by atoms with van der Waals surface area (Å²) in [5, 5.41) is 4.65. The minimum atomic E-state index is -0.367. The first-order valence-electron chi connectivity index (χ1n) is 7.18. The summed E-state index contributed by atoms with van der Waals surface area (Å²) in [6.45, 7) is 5.91. The molecule has 0 heterocycles. The van der Waals surface area contributed by atoms with Crippen molar-refractivity contribution in [1.82, 2.24) is 5.43 Å². The Morgan fingerprint density at radius 2 is 1.87 bits per heavy atom. The summed E-state index contributed by atoms with van der Waals surface area (Å²) in [5.41, 5.74) is 6.92. The number of hydrazone groups is 1. The zero-order chi connectivity index (χ0) is 17.0. The number of nitrogens with zero attached hydrogens (tertiary/aromatic N) is 1. The van der Waals surface area contributed by atoms with E-state index < -0.39 is 0 Å². The average Bonchev–Trinajstić information content (AvgIpc) is 2.52. The second-order valence-electron chi connectivity index (χ2n) is 5.30. The van der Waals surface area contributed by atoms with Gasteiger partial charge >= 0.3 is 0 Å². The van der Waals surface area contributed by atoms with Gasteiger partial charge in [0.15, 0.2) is 0 Å². The average molecular weight is 331 g/mol. The Kier molecular flexibility index (Phi) is 5.40. The molecule has 0 aliphatic carbocycles. The van der Waals surface area contributed by atoms with Crippen LogP contribution in [0.2, 0.25) is 5.02 Å². The summed E-state index contributed by atoms with van der Waals surface area (Å²) in [6.07, 6.45) is 0. The highest BCUT2D eigenvalue weighted by molar-refractivity contribution is 6.31. The van der Waals surface area contributed by atoms with Crippen LogP contribution in [0.5, 0.6) is 5.75 Å². The number of nitrogens with one attached hydrogen (secondary N) is 1. The molecule has 2 aromatic rings. The lowest BCUT2D eigenvalue weighted by Crippen LogP contribution is -2.20. The number of rotatable bonds is 4. The molecule has 4 nitrogen and oxygen atoms in total. The number of hydrogen-bond donors (Lipinski definition) is 1. The van der Waals surface area contributed by atoms with Gasteiger partial charge < -0.3 is 4.74 Å². The van der Waals surface area contributed by atoms with E-state index in [2.05, 4.69) is 16.6 Å². The topological polar surface area (TPSA) is 50.7 Å². The Bertz CT molecular complexity index is 770. The predicted molar refractivity (Wildman–Crippen MR) is 93.6 cm³/mol. The van der Waals surface area contributed by atoms with E-state index in [0.29, 0.717) is 16.3 Å². The summed E-state index contributed by atoms with van der Waals surface area (Å²) < 4.78 is 5.18. The van der Waals surface area contributed by atoms with Crippen LogP contribution in [0, 0.1) is 13.8 Å². The van der Waals surface area contributed by atoms with Gasteiger partial charge in [-0.2, -0.15) is 5.10 Å². The number of aryl methyl sites for hydroxylation is 2. The molecule has 0 aliphatic rings. The second kappa shape index (κ2) is 7.29. The summed E-state index contributed by atoms with van der Waals surface area (Å²) in [7, 11) is 1.50. The fourth-order valence-corrected chi connectivity index (χ4v) is 2.50. The molecule has 0 bridgehead atoms. The first-order valence-corrected chi connectivity index (χ1v) is 7.56. The van der Waals surface area contributed by atoms with Crippen LogP contribution < -0.4 is 10.2 Å². The van der Waals surface area contributed by atoms with Gasteiger partial charge in [0.25, 0.3) is 5.91 Å². The number of methoxy groups -OCH3 is 1. The smallest absolute Gasteiger partial charge is 0.275 e. The van der Waals surface area contributed by atoms with Gasteiger partial charge in [-0.25, -0.2) is 5.43 Å². The Morgan fingerprint density at radius 3 is 2.52 bits per heavy atom. The van der Waals surface area contributed by atoms with Crippen molar-refractivity contribution in [2.75, 3.05) is 7.11 Å². The van der Waals surface area contributed by atoms with Gasteiger partial charge in [-0.1, -0.05) is 35.4 Å². The Morgan fingerprint density at radius 1 is 1.13 bits per heavy atom. The third-order valence-electron chi connectivity index (χ3n) is 3.50. The van der Waals surface area contributed by atoms with E-state index in [4.69, 9.17) is 16.3 Å². The minimum absolute atomic E-state index is 0.345. The van der Waals surface area contributed by atoms with Gasteiger partial charge in [0.1, 0.15) is 5.75 Å². The third-order valence-corrected chi connectivity index (χ3v) is 3.74. The monoisotopic (exact) mass is 330 g/mol. The van der Waals surface area contributed by atoms with E-state index in [1.807, 2.05) is 32.9 Å². The van der Waals surface area contributed by atoms with Crippen molar-refractivity contribution < 1.29 is 9.53 Å². The van der Waals surface area contributed by atoms with Gasteiger partial charge in [-0.3, -0.25) is 4.79 Å². The maximum Gasteiger partial charge on any atom is 0.275 e. The van der Waals surface area contributed by atoms with E-state index in [9.17, 15) is 4.79 Å². The van der Waals surface area contributed by atoms with Crippen molar-refractivity contribution in [2.45, 2.75) is 20.8 Å². The van der Waals surface area contributed by atoms with E-state index in [-0.39, 0.29) is 5.91 Å². The molecule has 0 radical (unpaired) electrons. The van der Waals surface area contributed by atoms with Gasteiger partial charge in [-0.05, 0) is 44.5 Å². The Balaban J connectivity index is 2.22. The second-order valence-corrected chi connectivity index (χ2v) is 5.74. The minimum Gasteiger partial charge on any atom is -0.496 e. The zero-order valence-electron chi connectivity index (χ0n) is 13.6. The molecular formula is C18H19ClN2O2. The molecule has 23 heavy (non-hydrogen) atoms. The largest absolute Gasteiger partial charge is 0.496 e. The maximum atomic E-state index is 12.3. The predicted octanol–water partition coefficient (Wildman–Crippen LogP) is 4.12. The molecule has 0 unspecified atom stereocenters. The molecule has 2 rings (SSSR count). The van der Waals surface area contributed by atoms with E-state index in [1.165, 1.54) is 12.7 Å². The van der Waals surface area contributed by atoms with Crippen molar-refractivity contribution >= 4 is 23.2 Å². The third kappa shape index (κ3) is 4.11. The van der Waals surface area contributed by atoms with Crippen molar-refractivity contribution in [2.24, 2.45) is 5.10 Å². The fourth-order valence-electron chi connectivity index (χ4n) is 2.33. The molecule has 5 heteroatoms. The quantitative estimate of drug-likeness (QED) is 0.677. The standard InChI is InChI=1S/C18H19ClN2O2/c1-11-5-7-15(12(2)9-11)13(3)20-21-18(22)16-10-14(19)6-8-17(16)23-4/h5-10H,1-4H3,(H,21,22). The molecule has 0 saturated heterocycles. The molecular weight excluding hydrogens is 312 g/mol. The molecule has 120 valence electrons. The lowest BCUT2D eigenvalue weighted by atomic mass is 10.0. The SMILES string of the molecule is COc1ccc(Cl)cc1C(=O)NN=C(C)c1ccc(C)cc1C. The lowest BCUT2D eigenvalue weighted by Gasteiger charge is -2.09. The number of halogens is 1. The highest BCUT2D eigenvalue weighted by Gasteiger charge is 2.12.